The van der Waals surface area contributed by atoms with Gasteiger partial charge >= 0.3 is 0 Å². The van der Waals surface area contributed by atoms with Crippen LogP contribution in [0.4, 0.5) is 4.39 Å². The molecule has 4 rings (SSSR count). The summed E-state index contributed by atoms with van der Waals surface area (Å²) in [5, 5.41) is 0. The van der Waals surface area contributed by atoms with Crippen LogP contribution in [0.1, 0.15) is 5.56 Å². The maximum Gasteiger partial charge on any atom is 0.243 e. The Balaban J connectivity index is 1.46. The lowest BCUT2D eigenvalue weighted by molar-refractivity contribution is 0.0434. The first-order valence-corrected chi connectivity index (χ1v) is 9.52. The number of benzene rings is 2. The summed E-state index contributed by atoms with van der Waals surface area (Å²) >= 11 is 0. The second kappa shape index (κ2) is 5.95. The van der Waals surface area contributed by atoms with Crippen LogP contribution >= 0.6 is 0 Å². The van der Waals surface area contributed by atoms with E-state index in [2.05, 4.69) is 4.90 Å². The first kappa shape index (κ1) is 15.7. The number of halogens is 1. The molecule has 2 saturated heterocycles. The molecule has 4 nitrogen and oxygen atoms in total. The van der Waals surface area contributed by atoms with E-state index in [4.69, 9.17) is 0 Å². The summed E-state index contributed by atoms with van der Waals surface area (Å²) in [5.74, 6) is 0.140. The maximum absolute atomic E-state index is 13.3. The molecule has 0 N–H and O–H groups in total. The Kier molecular flexibility index (Phi) is 3.90. The third-order valence-corrected chi connectivity index (χ3v) is 6.81. The number of hydrogen-bond acceptors (Lipinski definition) is 3. The van der Waals surface area contributed by atoms with Gasteiger partial charge in [0.15, 0.2) is 0 Å². The molecule has 0 saturated carbocycles. The highest BCUT2D eigenvalue weighted by molar-refractivity contribution is 7.89. The molecule has 24 heavy (non-hydrogen) atoms. The fraction of sp³-hybridized carbons (Fsp3) is 0.333. The maximum atomic E-state index is 13.3. The van der Waals surface area contributed by atoms with Crippen LogP contribution in [-0.2, 0) is 16.6 Å². The minimum absolute atomic E-state index is 0.228. The van der Waals surface area contributed by atoms with Gasteiger partial charge in [-0.3, -0.25) is 4.90 Å². The third kappa shape index (κ3) is 2.75. The van der Waals surface area contributed by atoms with E-state index in [1.165, 1.54) is 6.07 Å². The van der Waals surface area contributed by atoms with Crippen LogP contribution in [0.2, 0.25) is 0 Å². The van der Waals surface area contributed by atoms with Crippen molar-refractivity contribution in [2.24, 2.45) is 5.92 Å². The Bertz CT molecular complexity index is 841. The highest BCUT2D eigenvalue weighted by atomic mass is 32.2. The highest BCUT2D eigenvalue weighted by Crippen LogP contribution is 2.36. The Morgan fingerprint density at radius 1 is 1.00 bits per heavy atom. The van der Waals surface area contributed by atoms with E-state index in [1.807, 2.05) is 12.1 Å². The zero-order chi connectivity index (χ0) is 16.7. The number of likely N-dealkylation sites (tertiary alicyclic amines) is 1. The monoisotopic (exact) mass is 346 g/mol. The molecule has 0 spiro atoms. The Morgan fingerprint density at radius 2 is 1.79 bits per heavy atom. The fourth-order valence-electron chi connectivity index (χ4n) is 3.70. The van der Waals surface area contributed by atoms with Crippen LogP contribution in [0.3, 0.4) is 0 Å². The van der Waals surface area contributed by atoms with E-state index in [9.17, 15) is 12.8 Å². The molecule has 0 amide bonds. The van der Waals surface area contributed by atoms with Gasteiger partial charge < -0.3 is 0 Å². The number of sulfonamides is 1. The summed E-state index contributed by atoms with van der Waals surface area (Å²) in [6, 6.07) is 15.4. The molecule has 2 aliphatic rings. The SMILES string of the molecule is O=S(=O)(c1ccccc1)N1C[C@@H]2CN(Cc3cccc(F)c3)[C@H]2C1. The Hall–Kier alpha value is -1.76. The van der Waals surface area contributed by atoms with Gasteiger partial charge in [0.05, 0.1) is 4.90 Å². The molecule has 0 unspecified atom stereocenters. The fourth-order valence-corrected chi connectivity index (χ4v) is 5.23. The molecule has 2 aromatic carbocycles. The van der Waals surface area contributed by atoms with E-state index in [1.54, 1.807) is 40.7 Å². The minimum atomic E-state index is -3.42. The summed E-state index contributed by atoms with van der Waals surface area (Å²) in [6.45, 7) is 2.61. The molecule has 0 aromatic heterocycles. The van der Waals surface area contributed by atoms with E-state index < -0.39 is 10.0 Å². The molecular weight excluding hydrogens is 327 g/mol. The van der Waals surface area contributed by atoms with Gasteiger partial charge in [0.1, 0.15) is 5.82 Å². The van der Waals surface area contributed by atoms with Gasteiger partial charge in [0.25, 0.3) is 0 Å². The second-order valence-corrected chi connectivity index (χ2v) is 8.46. The minimum Gasteiger partial charge on any atom is -0.294 e. The third-order valence-electron chi connectivity index (χ3n) is 4.97. The highest BCUT2D eigenvalue weighted by Gasteiger charge is 2.48. The molecule has 2 aliphatic heterocycles. The summed E-state index contributed by atoms with van der Waals surface area (Å²) < 4.78 is 40.3. The van der Waals surface area contributed by atoms with E-state index in [0.717, 1.165) is 12.1 Å². The van der Waals surface area contributed by atoms with Crippen LogP contribution in [0.25, 0.3) is 0 Å². The normalized spacial score (nSPS) is 24.5. The van der Waals surface area contributed by atoms with Gasteiger partial charge in [-0.05, 0) is 29.8 Å². The standard InChI is InChI=1S/C18H19FN2O2S/c19-16-6-4-5-14(9-16)10-20-11-15-12-21(13-18(15)20)24(22,23)17-7-2-1-3-8-17/h1-9,15,18H,10-13H2/t15-,18-/m0/s1. The number of rotatable bonds is 4. The van der Waals surface area contributed by atoms with Crippen LogP contribution in [0, 0.1) is 11.7 Å². The molecule has 2 atom stereocenters. The number of nitrogens with zero attached hydrogens (tertiary/aromatic N) is 2. The largest absolute Gasteiger partial charge is 0.294 e. The lowest BCUT2D eigenvalue weighted by atomic mass is 9.91. The van der Waals surface area contributed by atoms with Crippen LogP contribution < -0.4 is 0 Å². The van der Waals surface area contributed by atoms with Crippen molar-refractivity contribution in [3.8, 4) is 0 Å². The molecule has 2 heterocycles. The zero-order valence-corrected chi connectivity index (χ0v) is 14.0. The average Bonchev–Trinajstić information content (AvgIpc) is 2.91. The summed E-state index contributed by atoms with van der Waals surface area (Å²) in [4.78, 5) is 2.59. The first-order valence-electron chi connectivity index (χ1n) is 8.08. The van der Waals surface area contributed by atoms with Gasteiger partial charge in [0.2, 0.25) is 10.0 Å². The zero-order valence-electron chi connectivity index (χ0n) is 13.2. The molecule has 126 valence electrons. The molecule has 0 radical (unpaired) electrons. The predicted molar refractivity (Wildman–Crippen MR) is 89.3 cm³/mol. The molecule has 2 aromatic rings. The van der Waals surface area contributed by atoms with Gasteiger partial charge in [-0.2, -0.15) is 4.31 Å². The first-order chi connectivity index (χ1) is 11.5. The quantitative estimate of drug-likeness (QED) is 0.853. The summed E-state index contributed by atoms with van der Waals surface area (Å²) in [7, 11) is -3.42. The molecular formula is C18H19FN2O2S. The smallest absolute Gasteiger partial charge is 0.243 e. The van der Waals surface area contributed by atoms with Crippen molar-refractivity contribution in [1.82, 2.24) is 9.21 Å². The number of hydrogen-bond donors (Lipinski definition) is 0. The van der Waals surface area contributed by atoms with Crippen LogP contribution in [-0.4, -0.2) is 43.3 Å². The van der Waals surface area contributed by atoms with Gasteiger partial charge in [0, 0.05) is 38.1 Å². The van der Waals surface area contributed by atoms with E-state index in [-0.39, 0.29) is 11.9 Å². The van der Waals surface area contributed by atoms with E-state index in [0.29, 0.717) is 30.4 Å². The van der Waals surface area contributed by atoms with Gasteiger partial charge in [-0.25, -0.2) is 12.8 Å². The van der Waals surface area contributed by atoms with Crippen molar-refractivity contribution in [3.63, 3.8) is 0 Å². The van der Waals surface area contributed by atoms with Crippen LogP contribution in [0.5, 0.6) is 0 Å². The molecule has 2 fully saturated rings. The van der Waals surface area contributed by atoms with Crippen molar-refractivity contribution in [1.29, 1.82) is 0 Å². The summed E-state index contributed by atoms with van der Waals surface area (Å²) in [6.07, 6.45) is 0. The van der Waals surface area contributed by atoms with Crippen molar-refractivity contribution in [2.75, 3.05) is 19.6 Å². The van der Waals surface area contributed by atoms with Crippen molar-refractivity contribution < 1.29 is 12.8 Å². The predicted octanol–water partition coefficient (Wildman–Crippen LogP) is 2.33. The van der Waals surface area contributed by atoms with Crippen molar-refractivity contribution in [3.05, 3.63) is 66.0 Å². The lowest BCUT2D eigenvalue weighted by Crippen LogP contribution is -2.54. The lowest BCUT2D eigenvalue weighted by Gasteiger charge is -2.43. The topological polar surface area (TPSA) is 40.6 Å². The Labute approximate surface area is 141 Å². The average molecular weight is 346 g/mol. The second-order valence-electron chi connectivity index (χ2n) is 6.52. The molecule has 6 heteroatoms. The number of fused-ring (bicyclic) bond motifs is 1. The van der Waals surface area contributed by atoms with Crippen molar-refractivity contribution >= 4 is 10.0 Å². The van der Waals surface area contributed by atoms with Gasteiger partial charge in [-0.1, -0.05) is 30.3 Å². The van der Waals surface area contributed by atoms with Crippen LogP contribution in [0.15, 0.2) is 59.5 Å². The Morgan fingerprint density at radius 3 is 2.54 bits per heavy atom. The van der Waals surface area contributed by atoms with Crippen molar-refractivity contribution in [2.45, 2.75) is 17.5 Å². The van der Waals surface area contributed by atoms with Gasteiger partial charge in [-0.15, -0.1) is 0 Å². The molecule has 0 aliphatic carbocycles. The van der Waals surface area contributed by atoms with E-state index >= 15 is 0 Å². The molecule has 0 bridgehead atoms. The summed E-state index contributed by atoms with van der Waals surface area (Å²) in [5.41, 5.74) is 0.929.